The molecule has 3 aromatic carbocycles. The average molecular weight is 422 g/mol. The van der Waals surface area contributed by atoms with Gasteiger partial charge in [-0.05, 0) is 48.7 Å². The van der Waals surface area contributed by atoms with Crippen LogP contribution in [0.15, 0.2) is 91.1 Å². The van der Waals surface area contributed by atoms with Crippen molar-refractivity contribution in [3.8, 4) is 5.69 Å². The van der Waals surface area contributed by atoms with Gasteiger partial charge in [0.1, 0.15) is 0 Å². The smallest absolute Gasteiger partial charge is 0.318 e. The summed E-state index contributed by atoms with van der Waals surface area (Å²) in [6, 6.07) is 29.0. The molecule has 4 aromatic rings. The Morgan fingerprint density at radius 3 is 2.31 bits per heavy atom. The number of aryl methyl sites for hydroxylation is 2. The van der Waals surface area contributed by atoms with Crippen LogP contribution in [0.2, 0.25) is 0 Å². The van der Waals surface area contributed by atoms with Gasteiger partial charge in [0.2, 0.25) is 0 Å². The number of rotatable bonds is 3. The van der Waals surface area contributed by atoms with Crippen LogP contribution in [0.3, 0.4) is 0 Å². The highest BCUT2D eigenvalue weighted by atomic mass is 16.2. The number of para-hydroxylation sites is 1. The van der Waals surface area contributed by atoms with Crippen molar-refractivity contribution in [2.75, 3.05) is 0 Å². The van der Waals surface area contributed by atoms with Crippen molar-refractivity contribution >= 4 is 6.03 Å². The molecule has 0 saturated heterocycles. The lowest BCUT2D eigenvalue weighted by atomic mass is 10.0. The lowest BCUT2D eigenvalue weighted by molar-refractivity contribution is 0.180. The van der Waals surface area contributed by atoms with Crippen LogP contribution >= 0.6 is 0 Å². The van der Waals surface area contributed by atoms with Gasteiger partial charge < -0.3 is 14.8 Å². The zero-order chi connectivity index (χ0) is 22.1. The zero-order valence-electron chi connectivity index (χ0n) is 18.5. The number of hydrogen-bond acceptors (Lipinski definition) is 1. The molecule has 32 heavy (non-hydrogen) atoms. The summed E-state index contributed by atoms with van der Waals surface area (Å²) in [6.45, 7) is 5.19. The van der Waals surface area contributed by atoms with Gasteiger partial charge >= 0.3 is 6.03 Å². The first-order valence-corrected chi connectivity index (χ1v) is 11.0. The molecule has 4 nitrogen and oxygen atoms in total. The first-order valence-electron chi connectivity index (χ1n) is 11.0. The summed E-state index contributed by atoms with van der Waals surface area (Å²) in [4.78, 5) is 15.5. The van der Waals surface area contributed by atoms with Gasteiger partial charge in [0.15, 0.2) is 0 Å². The molecule has 1 aliphatic rings. The van der Waals surface area contributed by atoms with Gasteiger partial charge in [0.05, 0.1) is 18.3 Å². The van der Waals surface area contributed by atoms with E-state index in [2.05, 4.69) is 109 Å². The number of carbonyl (C=O) groups excluding carboxylic acids is 1. The van der Waals surface area contributed by atoms with Crippen LogP contribution in [-0.4, -0.2) is 15.5 Å². The maximum absolute atomic E-state index is 13.6. The molecular formula is C28H27N3O. The number of hydrogen-bond donors (Lipinski definition) is 1. The lowest BCUT2D eigenvalue weighted by Gasteiger charge is -2.31. The molecule has 0 spiro atoms. The van der Waals surface area contributed by atoms with Crippen molar-refractivity contribution in [1.82, 2.24) is 14.8 Å². The summed E-state index contributed by atoms with van der Waals surface area (Å²) in [7, 11) is 0. The van der Waals surface area contributed by atoms with E-state index >= 15 is 0 Å². The Balaban J connectivity index is 1.54. The van der Waals surface area contributed by atoms with Crippen LogP contribution < -0.4 is 5.32 Å². The fraction of sp³-hybridized carbons (Fsp3) is 0.179. The molecule has 0 unspecified atom stereocenters. The third kappa shape index (κ3) is 3.80. The van der Waals surface area contributed by atoms with Gasteiger partial charge in [-0.1, -0.05) is 77.9 Å². The number of fused-ring (bicyclic) bond motifs is 3. The van der Waals surface area contributed by atoms with Gasteiger partial charge in [-0.3, -0.25) is 0 Å². The molecule has 0 bridgehead atoms. The standard InChI is InChI=1S/C28H27N3O/c1-20-9-13-22(14-10-20)18-29-28(32)31-19-24-6-3-4-7-25(24)30-17-5-8-26(30)27(31)23-15-11-21(2)12-16-23/h3-17,27H,18-19H2,1-2H3,(H,29,32)/t27-/m0/s1. The molecule has 0 saturated carbocycles. The van der Waals surface area contributed by atoms with E-state index in [1.165, 1.54) is 11.1 Å². The van der Waals surface area contributed by atoms with Gasteiger partial charge in [-0.25, -0.2) is 4.79 Å². The monoisotopic (exact) mass is 421 g/mol. The normalized spacial score (nSPS) is 14.9. The number of carbonyl (C=O) groups is 1. The van der Waals surface area contributed by atoms with E-state index in [0.29, 0.717) is 13.1 Å². The maximum atomic E-state index is 13.6. The van der Waals surface area contributed by atoms with E-state index in [1.54, 1.807) is 0 Å². The van der Waals surface area contributed by atoms with Crippen molar-refractivity contribution in [2.45, 2.75) is 33.0 Å². The van der Waals surface area contributed by atoms with Crippen molar-refractivity contribution < 1.29 is 4.79 Å². The maximum Gasteiger partial charge on any atom is 0.318 e. The van der Waals surface area contributed by atoms with E-state index in [-0.39, 0.29) is 12.1 Å². The van der Waals surface area contributed by atoms with Gasteiger partial charge in [-0.15, -0.1) is 0 Å². The Labute approximate surface area is 189 Å². The number of amides is 2. The summed E-state index contributed by atoms with van der Waals surface area (Å²) < 4.78 is 2.22. The van der Waals surface area contributed by atoms with Crippen LogP contribution in [0.5, 0.6) is 0 Å². The second-order valence-electron chi connectivity index (χ2n) is 8.52. The molecule has 2 amide bonds. The predicted octanol–water partition coefficient (Wildman–Crippen LogP) is 5.91. The van der Waals surface area contributed by atoms with E-state index < -0.39 is 0 Å². The van der Waals surface area contributed by atoms with Crippen molar-refractivity contribution in [3.63, 3.8) is 0 Å². The number of nitrogens with one attached hydrogen (secondary N) is 1. The largest absolute Gasteiger partial charge is 0.334 e. The minimum atomic E-state index is -0.184. The van der Waals surface area contributed by atoms with E-state index in [9.17, 15) is 4.79 Å². The summed E-state index contributed by atoms with van der Waals surface area (Å²) in [6.07, 6.45) is 2.09. The van der Waals surface area contributed by atoms with E-state index in [1.807, 2.05) is 11.0 Å². The number of nitrogens with zero attached hydrogens (tertiary/aromatic N) is 2. The molecule has 4 heteroatoms. The Kier molecular flexibility index (Phi) is 5.28. The fourth-order valence-electron chi connectivity index (χ4n) is 4.42. The molecule has 160 valence electrons. The second-order valence-corrected chi connectivity index (χ2v) is 8.52. The van der Waals surface area contributed by atoms with Gasteiger partial charge in [-0.2, -0.15) is 0 Å². The molecule has 2 heterocycles. The Hall–Kier alpha value is -3.79. The first-order chi connectivity index (χ1) is 15.6. The zero-order valence-corrected chi connectivity index (χ0v) is 18.5. The molecule has 0 aliphatic carbocycles. The predicted molar refractivity (Wildman–Crippen MR) is 128 cm³/mol. The number of urea groups is 1. The molecule has 5 rings (SSSR count). The SMILES string of the molecule is Cc1ccc(CNC(=O)N2Cc3ccccc3-n3cccc3[C@@H]2c2ccc(C)cc2)cc1. The molecule has 0 radical (unpaired) electrons. The highest BCUT2D eigenvalue weighted by molar-refractivity contribution is 5.76. The fourth-order valence-corrected chi connectivity index (χ4v) is 4.42. The van der Waals surface area contributed by atoms with Crippen molar-refractivity contribution in [3.05, 3.63) is 125 Å². The third-order valence-electron chi connectivity index (χ3n) is 6.18. The molecule has 1 atom stereocenters. The molecule has 1 aliphatic heterocycles. The Morgan fingerprint density at radius 1 is 0.875 bits per heavy atom. The highest BCUT2D eigenvalue weighted by Gasteiger charge is 2.32. The Morgan fingerprint density at radius 2 is 1.56 bits per heavy atom. The van der Waals surface area contributed by atoms with Crippen LogP contribution in [0.25, 0.3) is 5.69 Å². The van der Waals surface area contributed by atoms with Crippen LogP contribution in [0.4, 0.5) is 4.79 Å². The molecular weight excluding hydrogens is 394 g/mol. The quantitative estimate of drug-likeness (QED) is 0.439. The van der Waals surface area contributed by atoms with E-state index in [0.717, 1.165) is 28.1 Å². The molecule has 1 N–H and O–H groups in total. The second kappa shape index (κ2) is 8.39. The summed E-state index contributed by atoms with van der Waals surface area (Å²) in [5.74, 6) is 0. The summed E-state index contributed by atoms with van der Waals surface area (Å²) in [5, 5.41) is 3.16. The minimum Gasteiger partial charge on any atom is -0.334 e. The van der Waals surface area contributed by atoms with Crippen LogP contribution in [0.1, 0.15) is 39.6 Å². The molecule has 0 fully saturated rings. The van der Waals surface area contributed by atoms with E-state index in [4.69, 9.17) is 0 Å². The number of benzene rings is 3. The Bertz CT molecular complexity index is 1240. The van der Waals surface area contributed by atoms with Crippen LogP contribution in [0, 0.1) is 13.8 Å². The summed E-state index contributed by atoms with van der Waals surface area (Å²) in [5.41, 5.74) is 7.96. The minimum absolute atomic E-state index is 0.0689. The third-order valence-corrected chi connectivity index (χ3v) is 6.18. The number of aromatic nitrogens is 1. The van der Waals surface area contributed by atoms with Gasteiger partial charge in [0.25, 0.3) is 0 Å². The van der Waals surface area contributed by atoms with Crippen molar-refractivity contribution in [2.24, 2.45) is 0 Å². The lowest BCUT2D eigenvalue weighted by Crippen LogP contribution is -2.41. The average Bonchev–Trinajstić information content (AvgIpc) is 3.24. The highest BCUT2D eigenvalue weighted by Crippen LogP contribution is 2.36. The van der Waals surface area contributed by atoms with Gasteiger partial charge in [0, 0.05) is 18.4 Å². The first kappa shape index (κ1) is 20.1. The topological polar surface area (TPSA) is 37.3 Å². The van der Waals surface area contributed by atoms with Crippen LogP contribution in [-0.2, 0) is 13.1 Å². The molecule has 1 aromatic heterocycles. The van der Waals surface area contributed by atoms with Crippen molar-refractivity contribution in [1.29, 1.82) is 0 Å². The summed E-state index contributed by atoms with van der Waals surface area (Å²) >= 11 is 0.